The Hall–Kier alpha value is -0.540. The minimum absolute atomic E-state index is 0.694. The number of rotatable bonds is 4. The van der Waals surface area contributed by atoms with Crippen LogP contribution in [0.2, 0.25) is 0 Å². The van der Waals surface area contributed by atoms with Gasteiger partial charge in [-0.15, -0.1) is 0 Å². The van der Waals surface area contributed by atoms with Gasteiger partial charge in [0, 0.05) is 22.6 Å². The monoisotopic (exact) mass is 297 g/mol. The first-order valence-electron chi connectivity index (χ1n) is 6.27. The third-order valence-electron chi connectivity index (χ3n) is 3.46. The van der Waals surface area contributed by atoms with Crippen molar-refractivity contribution < 1.29 is 4.74 Å². The van der Waals surface area contributed by atoms with Gasteiger partial charge < -0.3 is 10.1 Å². The number of hydrogen-bond acceptors (Lipinski definition) is 2. The van der Waals surface area contributed by atoms with E-state index in [0.29, 0.717) is 6.04 Å². The second kappa shape index (κ2) is 5.87. The molecule has 0 saturated heterocycles. The number of aryl methyl sites for hydroxylation is 1. The van der Waals surface area contributed by atoms with E-state index in [9.17, 15) is 0 Å². The van der Waals surface area contributed by atoms with E-state index in [1.165, 1.54) is 36.8 Å². The van der Waals surface area contributed by atoms with Crippen molar-refractivity contribution in [3.8, 4) is 5.75 Å². The maximum absolute atomic E-state index is 5.49. The molecule has 1 aliphatic carbocycles. The van der Waals surface area contributed by atoms with Crippen LogP contribution in [0.4, 0.5) is 0 Å². The van der Waals surface area contributed by atoms with Crippen LogP contribution in [-0.2, 0) is 6.54 Å². The molecule has 0 radical (unpaired) electrons. The van der Waals surface area contributed by atoms with Gasteiger partial charge in [-0.05, 0) is 37.5 Å². The van der Waals surface area contributed by atoms with Gasteiger partial charge >= 0.3 is 0 Å². The zero-order valence-corrected chi connectivity index (χ0v) is 12.1. The lowest BCUT2D eigenvalue weighted by molar-refractivity contribution is 0.401. The SMILES string of the molecule is COc1c(C)cc(Br)cc1CNC1CCCC1. The van der Waals surface area contributed by atoms with Gasteiger partial charge in [-0.1, -0.05) is 28.8 Å². The minimum Gasteiger partial charge on any atom is -0.496 e. The summed E-state index contributed by atoms with van der Waals surface area (Å²) in [4.78, 5) is 0. The van der Waals surface area contributed by atoms with E-state index in [1.54, 1.807) is 7.11 Å². The topological polar surface area (TPSA) is 21.3 Å². The highest BCUT2D eigenvalue weighted by Gasteiger charge is 2.15. The lowest BCUT2D eigenvalue weighted by Gasteiger charge is -2.16. The van der Waals surface area contributed by atoms with Gasteiger partial charge in [-0.3, -0.25) is 0 Å². The van der Waals surface area contributed by atoms with Crippen molar-refractivity contribution in [2.75, 3.05) is 7.11 Å². The fraction of sp³-hybridized carbons (Fsp3) is 0.571. The van der Waals surface area contributed by atoms with Crippen molar-refractivity contribution in [2.24, 2.45) is 0 Å². The molecule has 94 valence electrons. The molecule has 1 aliphatic rings. The summed E-state index contributed by atoms with van der Waals surface area (Å²) in [6, 6.07) is 4.94. The normalized spacial score (nSPS) is 16.4. The van der Waals surface area contributed by atoms with Crippen LogP contribution in [-0.4, -0.2) is 13.2 Å². The quantitative estimate of drug-likeness (QED) is 0.913. The maximum atomic E-state index is 5.49. The molecule has 1 N–H and O–H groups in total. The van der Waals surface area contributed by atoms with E-state index >= 15 is 0 Å². The fourth-order valence-corrected chi connectivity index (χ4v) is 3.23. The predicted octanol–water partition coefficient (Wildman–Crippen LogP) is 3.80. The van der Waals surface area contributed by atoms with E-state index < -0.39 is 0 Å². The molecule has 0 heterocycles. The van der Waals surface area contributed by atoms with Crippen LogP contribution >= 0.6 is 15.9 Å². The zero-order valence-electron chi connectivity index (χ0n) is 10.6. The summed E-state index contributed by atoms with van der Waals surface area (Å²) >= 11 is 3.55. The van der Waals surface area contributed by atoms with Gasteiger partial charge in [0.25, 0.3) is 0 Å². The first kappa shape index (κ1) is 12.9. The maximum Gasteiger partial charge on any atom is 0.126 e. The molecule has 0 aromatic heterocycles. The summed E-state index contributed by atoms with van der Waals surface area (Å²) in [5.74, 6) is 1.01. The van der Waals surface area contributed by atoms with Gasteiger partial charge in [-0.25, -0.2) is 0 Å². The second-order valence-corrected chi connectivity index (χ2v) is 5.69. The summed E-state index contributed by atoms with van der Waals surface area (Å²) in [6.45, 7) is 2.98. The number of methoxy groups -OCH3 is 1. The Morgan fingerprint density at radius 2 is 2.06 bits per heavy atom. The average molecular weight is 298 g/mol. The number of nitrogens with one attached hydrogen (secondary N) is 1. The van der Waals surface area contributed by atoms with E-state index in [1.807, 2.05) is 0 Å². The highest BCUT2D eigenvalue weighted by molar-refractivity contribution is 9.10. The molecule has 1 fully saturated rings. The molecule has 1 saturated carbocycles. The Balaban J connectivity index is 2.07. The second-order valence-electron chi connectivity index (χ2n) is 4.78. The summed E-state index contributed by atoms with van der Waals surface area (Å²) in [6.07, 6.45) is 5.36. The van der Waals surface area contributed by atoms with Crippen LogP contribution in [0, 0.1) is 6.92 Å². The van der Waals surface area contributed by atoms with Gasteiger partial charge in [0.15, 0.2) is 0 Å². The van der Waals surface area contributed by atoms with Crippen LogP contribution in [0.1, 0.15) is 36.8 Å². The molecule has 0 atom stereocenters. The molecule has 0 unspecified atom stereocenters. The Labute approximate surface area is 112 Å². The van der Waals surface area contributed by atoms with E-state index in [4.69, 9.17) is 4.74 Å². The van der Waals surface area contributed by atoms with Crippen LogP contribution in [0.15, 0.2) is 16.6 Å². The highest BCUT2D eigenvalue weighted by atomic mass is 79.9. The summed E-state index contributed by atoms with van der Waals surface area (Å²) < 4.78 is 6.61. The minimum atomic E-state index is 0.694. The summed E-state index contributed by atoms with van der Waals surface area (Å²) in [7, 11) is 1.75. The average Bonchev–Trinajstić information content (AvgIpc) is 2.78. The molecule has 0 spiro atoms. The molecular formula is C14H20BrNO. The van der Waals surface area contributed by atoms with Crippen molar-refractivity contribution >= 4 is 15.9 Å². The van der Waals surface area contributed by atoms with Gasteiger partial charge in [0.1, 0.15) is 5.75 Å². The Morgan fingerprint density at radius 1 is 1.35 bits per heavy atom. The molecule has 2 rings (SSSR count). The molecule has 0 amide bonds. The van der Waals surface area contributed by atoms with Crippen molar-refractivity contribution in [3.05, 3.63) is 27.7 Å². The third kappa shape index (κ3) is 3.23. The first-order chi connectivity index (χ1) is 8.20. The molecule has 2 nitrogen and oxygen atoms in total. The molecule has 0 aliphatic heterocycles. The van der Waals surface area contributed by atoms with Crippen LogP contribution < -0.4 is 10.1 Å². The Bertz CT molecular complexity index is 386. The van der Waals surface area contributed by atoms with Gasteiger partial charge in [-0.2, -0.15) is 0 Å². The van der Waals surface area contributed by atoms with Crippen LogP contribution in [0.5, 0.6) is 5.75 Å². The molecule has 0 bridgehead atoms. The van der Waals surface area contributed by atoms with Crippen molar-refractivity contribution in [3.63, 3.8) is 0 Å². The van der Waals surface area contributed by atoms with Crippen molar-refractivity contribution in [2.45, 2.75) is 45.2 Å². The standard InChI is InChI=1S/C14H20BrNO/c1-10-7-12(15)8-11(14(10)17-2)9-16-13-5-3-4-6-13/h7-8,13,16H,3-6,9H2,1-2H3. The fourth-order valence-electron chi connectivity index (χ4n) is 2.61. The molecular weight excluding hydrogens is 278 g/mol. The van der Waals surface area contributed by atoms with Gasteiger partial charge in [0.05, 0.1) is 7.11 Å². The first-order valence-corrected chi connectivity index (χ1v) is 7.06. The smallest absolute Gasteiger partial charge is 0.126 e. The van der Waals surface area contributed by atoms with Crippen molar-refractivity contribution in [1.82, 2.24) is 5.32 Å². The number of ether oxygens (including phenoxy) is 1. The Morgan fingerprint density at radius 3 is 2.71 bits per heavy atom. The molecule has 3 heteroatoms. The number of hydrogen-bond donors (Lipinski definition) is 1. The predicted molar refractivity (Wildman–Crippen MR) is 74.5 cm³/mol. The van der Waals surface area contributed by atoms with E-state index in [-0.39, 0.29) is 0 Å². The molecule has 1 aromatic carbocycles. The summed E-state index contributed by atoms with van der Waals surface area (Å²) in [5, 5.41) is 3.63. The Kier molecular flexibility index (Phi) is 4.46. The number of benzene rings is 1. The molecule has 17 heavy (non-hydrogen) atoms. The van der Waals surface area contributed by atoms with Crippen molar-refractivity contribution in [1.29, 1.82) is 0 Å². The number of halogens is 1. The van der Waals surface area contributed by atoms with E-state index in [2.05, 4.69) is 40.3 Å². The lowest BCUT2D eigenvalue weighted by atomic mass is 10.1. The van der Waals surface area contributed by atoms with Crippen LogP contribution in [0.25, 0.3) is 0 Å². The zero-order chi connectivity index (χ0) is 12.3. The lowest BCUT2D eigenvalue weighted by Crippen LogP contribution is -2.25. The van der Waals surface area contributed by atoms with E-state index in [0.717, 1.165) is 16.8 Å². The van der Waals surface area contributed by atoms with Gasteiger partial charge in [0.2, 0.25) is 0 Å². The largest absolute Gasteiger partial charge is 0.496 e. The third-order valence-corrected chi connectivity index (χ3v) is 3.91. The van der Waals surface area contributed by atoms with Crippen LogP contribution in [0.3, 0.4) is 0 Å². The highest BCUT2D eigenvalue weighted by Crippen LogP contribution is 2.28. The summed E-state index contributed by atoms with van der Waals surface area (Å²) in [5.41, 5.74) is 2.43. The molecule has 1 aromatic rings.